The van der Waals surface area contributed by atoms with Gasteiger partial charge in [-0.3, -0.25) is 0 Å². The van der Waals surface area contributed by atoms with Crippen molar-refractivity contribution in [2.45, 2.75) is 6.42 Å². The lowest BCUT2D eigenvalue weighted by molar-refractivity contribution is 0.669. The van der Waals surface area contributed by atoms with Gasteiger partial charge in [0.05, 0.1) is 0 Å². The van der Waals surface area contributed by atoms with E-state index in [1.807, 2.05) is 72.8 Å². The lowest BCUT2D eigenvalue weighted by Crippen LogP contribution is -2.02. The minimum Gasteiger partial charge on any atom is -0.456 e. The minimum atomic E-state index is 0.603. The average molecular weight is 694 g/mol. The number of rotatable bonds is 9. The van der Waals surface area contributed by atoms with E-state index in [0.29, 0.717) is 23.9 Å². The average Bonchev–Trinajstić information content (AvgIpc) is 3.63. The molecule has 4 nitrogen and oxygen atoms in total. The Kier molecular flexibility index (Phi) is 8.76. The standard InChI is InChI=1S/C50H35N3O/c1-2-34-14-9-10-17-35(34)20-13-21-40-32-33-45-47(43-22-11-12-23-44(43)54-45)46(40)50-52-48(41-18-7-4-8-19-41)51-49(53-50)42-30-28-39(29-31-42)38-26-24-37(25-27-38)36-15-5-3-6-16-36/h2-20,22-33H,1,21H2/b20-13-. The summed E-state index contributed by atoms with van der Waals surface area (Å²) in [5.41, 5.74) is 12.4. The molecule has 0 saturated heterocycles. The van der Waals surface area contributed by atoms with Crippen molar-refractivity contribution >= 4 is 34.1 Å². The molecular formula is C50H35N3O. The van der Waals surface area contributed by atoms with E-state index in [1.165, 1.54) is 11.1 Å². The van der Waals surface area contributed by atoms with E-state index in [4.69, 9.17) is 19.4 Å². The number of nitrogens with zero attached hydrogens (tertiary/aromatic N) is 3. The molecule has 0 spiro atoms. The molecule has 9 rings (SSSR count). The Morgan fingerprint density at radius 3 is 1.59 bits per heavy atom. The second-order valence-electron chi connectivity index (χ2n) is 13.2. The Morgan fingerprint density at radius 1 is 0.444 bits per heavy atom. The van der Waals surface area contributed by atoms with Gasteiger partial charge < -0.3 is 4.42 Å². The van der Waals surface area contributed by atoms with Crippen LogP contribution in [0.25, 0.3) is 90.5 Å². The van der Waals surface area contributed by atoms with Gasteiger partial charge in [0.2, 0.25) is 0 Å². The topological polar surface area (TPSA) is 51.8 Å². The first-order valence-electron chi connectivity index (χ1n) is 18.1. The molecule has 0 fully saturated rings. The van der Waals surface area contributed by atoms with E-state index in [1.54, 1.807) is 0 Å². The van der Waals surface area contributed by atoms with Crippen LogP contribution in [0, 0.1) is 0 Å². The third-order valence-electron chi connectivity index (χ3n) is 9.84. The fourth-order valence-corrected chi connectivity index (χ4v) is 7.08. The second kappa shape index (κ2) is 14.5. The van der Waals surface area contributed by atoms with Crippen molar-refractivity contribution in [3.05, 3.63) is 199 Å². The predicted octanol–water partition coefficient (Wildman–Crippen LogP) is 13.0. The van der Waals surface area contributed by atoms with E-state index >= 15 is 0 Å². The van der Waals surface area contributed by atoms with Crippen LogP contribution in [-0.2, 0) is 6.42 Å². The summed E-state index contributed by atoms with van der Waals surface area (Å²) in [7, 11) is 0. The number of fused-ring (bicyclic) bond motifs is 3. The molecule has 0 aliphatic rings. The van der Waals surface area contributed by atoms with Crippen molar-refractivity contribution in [3.8, 4) is 56.4 Å². The maximum absolute atomic E-state index is 6.39. The SMILES string of the molecule is C=Cc1ccccc1/C=C\Cc1ccc2oc3ccccc3c2c1-c1nc(-c2ccccc2)nc(-c2ccc(-c3ccc(-c4ccccc4)cc3)cc2)n1. The van der Waals surface area contributed by atoms with Crippen LogP contribution in [-0.4, -0.2) is 15.0 Å². The quantitative estimate of drug-likeness (QED) is 0.151. The molecule has 0 saturated carbocycles. The Hall–Kier alpha value is -7.17. The van der Waals surface area contributed by atoms with Gasteiger partial charge in [-0.2, -0.15) is 0 Å². The summed E-state index contributed by atoms with van der Waals surface area (Å²) in [6, 6.07) is 58.4. The first-order chi connectivity index (χ1) is 26.7. The van der Waals surface area contributed by atoms with E-state index in [0.717, 1.165) is 66.4 Å². The van der Waals surface area contributed by atoms with Gasteiger partial charge in [-0.05, 0) is 57.5 Å². The highest BCUT2D eigenvalue weighted by atomic mass is 16.3. The molecule has 0 aliphatic carbocycles. The normalized spacial score (nSPS) is 11.4. The Morgan fingerprint density at radius 2 is 0.944 bits per heavy atom. The molecule has 2 heterocycles. The van der Waals surface area contributed by atoms with E-state index in [-0.39, 0.29) is 0 Å². The van der Waals surface area contributed by atoms with Crippen LogP contribution in [0.4, 0.5) is 0 Å². The van der Waals surface area contributed by atoms with Gasteiger partial charge in [0.25, 0.3) is 0 Å². The molecule has 0 amide bonds. The van der Waals surface area contributed by atoms with Gasteiger partial charge in [-0.15, -0.1) is 0 Å². The summed E-state index contributed by atoms with van der Waals surface area (Å²) < 4.78 is 6.39. The first kappa shape index (κ1) is 32.7. The molecule has 0 radical (unpaired) electrons. The molecule has 0 aliphatic heterocycles. The summed E-state index contributed by atoms with van der Waals surface area (Å²) in [5, 5.41) is 2.02. The number of furan rings is 1. The zero-order valence-corrected chi connectivity index (χ0v) is 29.6. The molecule has 54 heavy (non-hydrogen) atoms. The summed E-state index contributed by atoms with van der Waals surface area (Å²) in [6.45, 7) is 4.00. The van der Waals surface area contributed by atoms with Crippen molar-refractivity contribution in [3.63, 3.8) is 0 Å². The molecule has 7 aromatic carbocycles. The highest BCUT2D eigenvalue weighted by Crippen LogP contribution is 2.39. The zero-order chi connectivity index (χ0) is 36.3. The smallest absolute Gasteiger partial charge is 0.165 e. The molecule has 0 unspecified atom stereocenters. The van der Waals surface area contributed by atoms with Crippen LogP contribution in [0.2, 0.25) is 0 Å². The highest BCUT2D eigenvalue weighted by Gasteiger charge is 2.21. The lowest BCUT2D eigenvalue weighted by atomic mass is 9.96. The summed E-state index contributed by atoms with van der Waals surface area (Å²) in [6.07, 6.45) is 6.90. The highest BCUT2D eigenvalue weighted by molar-refractivity contribution is 6.12. The Labute approximate surface area is 314 Å². The predicted molar refractivity (Wildman–Crippen MR) is 224 cm³/mol. The summed E-state index contributed by atoms with van der Waals surface area (Å²) in [4.78, 5) is 15.5. The van der Waals surface area contributed by atoms with Gasteiger partial charge in [0, 0.05) is 27.5 Å². The fraction of sp³-hybridized carbons (Fsp3) is 0.0200. The van der Waals surface area contributed by atoms with Crippen molar-refractivity contribution in [2.75, 3.05) is 0 Å². The number of hydrogen-bond donors (Lipinski definition) is 0. The largest absolute Gasteiger partial charge is 0.456 e. The van der Waals surface area contributed by atoms with Crippen LogP contribution < -0.4 is 0 Å². The number of aromatic nitrogens is 3. The molecule has 256 valence electrons. The second-order valence-corrected chi connectivity index (χ2v) is 13.2. The lowest BCUT2D eigenvalue weighted by Gasteiger charge is -2.13. The van der Waals surface area contributed by atoms with Crippen molar-refractivity contribution in [1.29, 1.82) is 0 Å². The molecule has 0 N–H and O–H groups in total. The maximum atomic E-state index is 6.39. The number of hydrogen-bond acceptors (Lipinski definition) is 4. The van der Waals surface area contributed by atoms with Gasteiger partial charge in [0.15, 0.2) is 17.5 Å². The number of benzene rings is 7. The van der Waals surface area contributed by atoms with Crippen LogP contribution in [0.15, 0.2) is 187 Å². The van der Waals surface area contributed by atoms with Gasteiger partial charge in [0.1, 0.15) is 11.2 Å². The number of allylic oxidation sites excluding steroid dienone is 1. The molecule has 9 aromatic rings. The molecule has 0 atom stereocenters. The van der Waals surface area contributed by atoms with Gasteiger partial charge in [-0.25, -0.2) is 15.0 Å². The van der Waals surface area contributed by atoms with Crippen LogP contribution >= 0.6 is 0 Å². The van der Waals surface area contributed by atoms with Crippen LogP contribution in [0.1, 0.15) is 16.7 Å². The number of para-hydroxylation sites is 1. The third kappa shape index (κ3) is 6.42. The third-order valence-corrected chi connectivity index (χ3v) is 9.84. The molecule has 4 heteroatoms. The summed E-state index contributed by atoms with van der Waals surface area (Å²) >= 11 is 0. The van der Waals surface area contributed by atoms with E-state index in [9.17, 15) is 0 Å². The summed E-state index contributed by atoms with van der Waals surface area (Å²) in [5.74, 6) is 1.82. The van der Waals surface area contributed by atoms with Crippen molar-refractivity contribution in [2.24, 2.45) is 0 Å². The van der Waals surface area contributed by atoms with Crippen LogP contribution in [0.5, 0.6) is 0 Å². The molecule has 2 aromatic heterocycles. The van der Waals surface area contributed by atoms with Gasteiger partial charge in [-0.1, -0.05) is 183 Å². The van der Waals surface area contributed by atoms with E-state index in [2.05, 4.69) is 122 Å². The minimum absolute atomic E-state index is 0.603. The fourth-order valence-electron chi connectivity index (χ4n) is 7.08. The first-order valence-corrected chi connectivity index (χ1v) is 18.1. The van der Waals surface area contributed by atoms with Crippen LogP contribution in [0.3, 0.4) is 0 Å². The Balaban J connectivity index is 1.16. The maximum Gasteiger partial charge on any atom is 0.165 e. The zero-order valence-electron chi connectivity index (χ0n) is 29.6. The van der Waals surface area contributed by atoms with E-state index < -0.39 is 0 Å². The molecule has 0 bridgehead atoms. The molecular weight excluding hydrogens is 659 g/mol. The Bertz CT molecular complexity index is 2780. The van der Waals surface area contributed by atoms with Gasteiger partial charge >= 0.3 is 0 Å². The van der Waals surface area contributed by atoms with Crippen molar-refractivity contribution < 1.29 is 4.42 Å². The monoisotopic (exact) mass is 693 g/mol. The van der Waals surface area contributed by atoms with Crippen molar-refractivity contribution in [1.82, 2.24) is 15.0 Å².